The van der Waals surface area contributed by atoms with E-state index in [2.05, 4.69) is 18.8 Å². The lowest BCUT2D eigenvalue weighted by atomic mass is 10.2. The van der Waals surface area contributed by atoms with E-state index in [4.69, 9.17) is 0 Å². The number of amides is 1. The zero-order chi connectivity index (χ0) is 18.5. The maximum Gasteiger partial charge on any atom is 0.260 e. The summed E-state index contributed by atoms with van der Waals surface area (Å²) in [4.78, 5) is 20.6. The van der Waals surface area contributed by atoms with Gasteiger partial charge in [0, 0.05) is 5.56 Å². The lowest BCUT2D eigenvalue weighted by Gasteiger charge is -2.23. The smallest absolute Gasteiger partial charge is 0.260 e. The highest BCUT2D eigenvalue weighted by Crippen LogP contribution is 2.30. The van der Waals surface area contributed by atoms with Crippen molar-refractivity contribution >= 4 is 32.6 Å². The molecule has 136 valence electrons. The van der Waals surface area contributed by atoms with E-state index in [0.717, 1.165) is 24.3 Å². The predicted molar refractivity (Wildman–Crippen MR) is 105 cm³/mol. The molecule has 0 saturated heterocycles. The molecule has 0 fully saturated rings. The molecule has 0 radical (unpaired) electrons. The highest BCUT2D eigenvalue weighted by Gasteiger charge is 2.23. The Balaban J connectivity index is 1.95. The number of halogens is 1. The zero-order valence-electron chi connectivity index (χ0n) is 15.0. The first kappa shape index (κ1) is 18.5. The summed E-state index contributed by atoms with van der Waals surface area (Å²) in [6.07, 6.45) is 0. The van der Waals surface area contributed by atoms with Crippen LogP contribution in [-0.2, 0) is 0 Å². The summed E-state index contributed by atoms with van der Waals surface area (Å²) in [7, 11) is 0. The molecule has 0 unspecified atom stereocenters. The van der Waals surface area contributed by atoms with E-state index in [0.29, 0.717) is 22.8 Å². The number of nitrogens with one attached hydrogen (secondary N) is 1. The first-order valence-corrected chi connectivity index (χ1v) is 9.71. The van der Waals surface area contributed by atoms with Gasteiger partial charge in [0.25, 0.3) is 5.91 Å². The summed E-state index contributed by atoms with van der Waals surface area (Å²) in [6.45, 7) is 7.64. The fourth-order valence-corrected chi connectivity index (χ4v) is 3.92. The Morgan fingerprint density at radius 2 is 1.85 bits per heavy atom. The van der Waals surface area contributed by atoms with Crippen LogP contribution >= 0.6 is 11.3 Å². The van der Waals surface area contributed by atoms with E-state index in [-0.39, 0.29) is 11.7 Å². The topological polar surface area (TPSA) is 37.6 Å². The Bertz CT molecular complexity index is 877. The number of benzene rings is 2. The number of para-hydroxylation sites is 1. The number of quaternary nitrogens is 1. The Labute approximate surface area is 156 Å². The standard InChI is InChI=1S/C20H22FN3OS/c1-3-23(4-2)13-14-24(19(25)15-9-6-5-7-10-15)20-22-18-16(21)11-8-12-17(18)26-20/h5-12H,3-4,13-14H2,1-2H3/p+1. The molecule has 0 spiro atoms. The van der Waals surface area contributed by atoms with Gasteiger partial charge in [-0.2, -0.15) is 0 Å². The average Bonchev–Trinajstić information content (AvgIpc) is 3.11. The van der Waals surface area contributed by atoms with Gasteiger partial charge in [-0.3, -0.25) is 9.69 Å². The van der Waals surface area contributed by atoms with Gasteiger partial charge in [-0.25, -0.2) is 9.37 Å². The molecule has 0 aliphatic rings. The first-order chi connectivity index (χ1) is 12.6. The number of hydrogen-bond donors (Lipinski definition) is 1. The quantitative estimate of drug-likeness (QED) is 0.692. The highest BCUT2D eigenvalue weighted by molar-refractivity contribution is 7.22. The summed E-state index contributed by atoms with van der Waals surface area (Å²) in [5.74, 6) is -0.455. The van der Waals surface area contributed by atoms with Crippen molar-refractivity contribution in [1.29, 1.82) is 0 Å². The van der Waals surface area contributed by atoms with Crippen LogP contribution in [0.3, 0.4) is 0 Å². The van der Waals surface area contributed by atoms with Gasteiger partial charge in [0.2, 0.25) is 0 Å². The lowest BCUT2D eigenvalue weighted by Crippen LogP contribution is -3.12. The predicted octanol–water partition coefficient (Wildman–Crippen LogP) is 3.01. The number of aromatic nitrogens is 1. The molecule has 3 aromatic rings. The number of carbonyl (C=O) groups excluding carboxylic acids is 1. The third-order valence-electron chi connectivity index (χ3n) is 4.54. The first-order valence-electron chi connectivity index (χ1n) is 8.89. The molecule has 1 N–H and O–H groups in total. The molecular formula is C20H23FN3OS+. The molecule has 1 amide bonds. The number of carbonyl (C=O) groups is 1. The van der Waals surface area contributed by atoms with Crippen molar-refractivity contribution in [2.45, 2.75) is 13.8 Å². The van der Waals surface area contributed by atoms with E-state index in [1.807, 2.05) is 24.3 Å². The van der Waals surface area contributed by atoms with Crippen molar-refractivity contribution in [3.8, 4) is 0 Å². The second-order valence-electron chi connectivity index (χ2n) is 6.11. The van der Waals surface area contributed by atoms with E-state index < -0.39 is 0 Å². The molecule has 2 aromatic carbocycles. The fourth-order valence-electron chi connectivity index (χ4n) is 2.91. The van der Waals surface area contributed by atoms with Crippen molar-refractivity contribution in [1.82, 2.24) is 4.98 Å². The van der Waals surface area contributed by atoms with E-state index in [1.54, 1.807) is 23.1 Å². The van der Waals surface area contributed by atoms with Crippen LogP contribution in [0.5, 0.6) is 0 Å². The number of anilines is 1. The SMILES string of the molecule is CC[NH+](CC)CCN(C(=O)c1ccccc1)c1nc2c(F)cccc2s1. The van der Waals surface area contributed by atoms with E-state index in [9.17, 15) is 9.18 Å². The maximum atomic E-state index is 14.0. The minimum Gasteiger partial charge on any atom is -0.334 e. The fraction of sp³-hybridized carbons (Fsp3) is 0.300. The van der Waals surface area contributed by atoms with Crippen LogP contribution in [0.4, 0.5) is 9.52 Å². The Hall–Kier alpha value is -2.31. The van der Waals surface area contributed by atoms with Gasteiger partial charge in [0.15, 0.2) is 5.13 Å². The monoisotopic (exact) mass is 372 g/mol. The summed E-state index contributed by atoms with van der Waals surface area (Å²) in [6, 6.07) is 14.1. The number of fused-ring (bicyclic) bond motifs is 1. The zero-order valence-corrected chi connectivity index (χ0v) is 15.9. The summed E-state index contributed by atoms with van der Waals surface area (Å²) in [5.41, 5.74) is 0.940. The molecule has 4 nitrogen and oxygen atoms in total. The molecule has 6 heteroatoms. The largest absolute Gasteiger partial charge is 0.334 e. The van der Waals surface area contributed by atoms with Crippen LogP contribution in [0.2, 0.25) is 0 Å². The highest BCUT2D eigenvalue weighted by atomic mass is 32.1. The van der Waals surface area contributed by atoms with Crippen molar-refractivity contribution < 1.29 is 14.1 Å². The minimum absolute atomic E-state index is 0.100. The molecule has 0 bridgehead atoms. The van der Waals surface area contributed by atoms with Crippen LogP contribution in [0, 0.1) is 5.82 Å². The molecule has 1 heterocycles. The molecule has 0 saturated carbocycles. The number of likely N-dealkylation sites (N-methyl/N-ethyl adjacent to an activating group) is 1. The normalized spacial score (nSPS) is 11.2. The second kappa shape index (κ2) is 8.38. The van der Waals surface area contributed by atoms with Crippen molar-refractivity contribution in [2.24, 2.45) is 0 Å². The molecular weight excluding hydrogens is 349 g/mol. The Morgan fingerprint density at radius 1 is 1.12 bits per heavy atom. The van der Waals surface area contributed by atoms with Crippen molar-refractivity contribution in [3.05, 3.63) is 59.9 Å². The number of thiazole rings is 1. The van der Waals surface area contributed by atoms with E-state index in [1.165, 1.54) is 22.3 Å². The van der Waals surface area contributed by atoms with Gasteiger partial charge in [0.1, 0.15) is 11.3 Å². The third-order valence-corrected chi connectivity index (χ3v) is 5.59. The average molecular weight is 372 g/mol. The van der Waals surface area contributed by atoms with Gasteiger partial charge >= 0.3 is 0 Å². The van der Waals surface area contributed by atoms with Gasteiger partial charge < -0.3 is 4.90 Å². The third kappa shape index (κ3) is 3.92. The maximum absolute atomic E-state index is 14.0. The van der Waals surface area contributed by atoms with Gasteiger partial charge in [-0.15, -0.1) is 0 Å². The van der Waals surface area contributed by atoms with Gasteiger partial charge in [-0.1, -0.05) is 35.6 Å². The van der Waals surface area contributed by atoms with Crippen LogP contribution in [0.25, 0.3) is 10.2 Å². The number of rotatable bonds is 7. The molecule has 0 atom stereocenters. The summed E-state index contributed by atoms with van der Waals surface area (Å²) < 4.78 is 14.8. The number of nitrogens with zero attached hydrogens (tertiary/aromatic N) is 2. The Morgan fingerprint density at radius 3 is 2.50 bits per heavy atom. The molecule has 1 aromatic heterocycles. The number of hydrogen-bond acceptors (Lipinski definition) is 3. The minimum atomic E-state index is -0.355. The Kier molecular flexibility index (Phi) is 5.96. The lowest BCUT2D eigenvalue weighted by molar-refractivity contribution is -0.894. The molecule has 0 aliphatic heterocycles. The van der Waals surface area contributed by atoms with E-state index >= 15 is 0 Å². The van der Waals surface area contributed by atoms with Crippen molar-refractivity contribution in [2.75, 3.05) is 31.1 Å². The molecule has 3 rings (SSSR count). The van der Waals surface area contributed by atoms with Crippen LogP contribution in [0.15, 0.2) is 48.5 Å². The van der Waals surface area contributed by atoms with Crippen LogP contribution in [-0.4, -0.2) is 37.1 Å². The van der Waals surface area contributed by atoms with Crippen molar-refractivity contribution in [3.63, 3.8) is 0 Å². The molecule has 0 aliphatic carbocycles. The summed E-state index contributed by atoms with van der Waals surface area (Å²) in [5, 5.41) is 0.547. The van der Waals surface area contributed by atoms with Gasteiger partial charge in [0.05, 0.1) is 30.9 Å². The van der Waals surface area contributed by atoms with Crippen LogP contribution < -0.4 is 9.80 Å². The van der Waals surface area contributed by atoms with Gasteiger partial charge in [-0.05, 0) is 38.1 Å². The second-order valence-corrected chi connectivity index (χ2v) is 7.12. The molecule has 26 heavy (non-hydrogen) atoms. The summed E-state index contributed by atoms with van der Waals surface area (Å²) >= 11 is 1.35. The van der Waals surface area contributed by atoms with Crippen LogP contribution in [0.1, 0.15) is 24.2 Å².